The van der Waals surface area contributed by atoms with Crippen LogP contribution in [0.5, 0.6) is 11.5 Å². The molecule has 7 atom stereocenters. The monoisotopic (exact) mass is 478 g/mol. The Balaban J connectivity index is 2.36. The minimum atomic E-state index is -1.87. The molecule has 0 radical (unpaired) electrons. The number of benzene rings is 2. The summed E-state index contributed by atoms with van der Waals surface area (Å²) >= 11 is 0. The Labute approximate surface area is 201 Å². The van der Waals surface area contributed by atoms with Gasteiger partial charge in [0.1, 0.15) is 35.9 Å². The molecule has 2 aromatic rings. The van der Waals surface area contributed by atoms with Crippen LogP contribution < -0.4 is 9.47 Å². The topological polar surface area (TPSA) is 140 Å². The highest BCUT2D eigenvalue weighted by Crippen LogP contribution is 2.36. The first-order valence-electron chi connectivity index (χ1n) is 11.7. The Morgan fingerprint density at radius 3 is 1.74 bits per heavy atom. The molecule has 3 unspecified atom stereocenters. The maximum atomic E-state index is 11.1. The number of aliphatic hydroxyl groups excluding tert-OH is 6. The van der Waals surface area contributed by atoms with E-state index in [1.807, 2.05) is 45.0 Å². The summed E-state index contributed by atoms with van der Waals surface area (Å²) in [6.45, 7) is 5.96. The molecule has 0 spiro atoms. The van der Waals surface area contributed by atoms with Crippen LogP contribution in [0.2, 0.25) is 0 Å². The van der Waals surface area contributed by atoms with Gasteiger partial charge >= 0.3 is 0 Å². The van der Waals surface area contributed by atoms with Gasteiger partial charge in [-0.1, -0.05) is 31.2 Å². The largest absolute Gasteiger partial charge is 0.494 e. The first kappa shape index (κ1) is 28.0. The van der Waals surface area contributed by atoms with Gasteiger partial charge in [0.25, 0.3) is 0 Å². The summed E-state index contributed by atoms with van der Waals surface area (Å²) in [7, 11) is 0. The Bertz CT molecular complexity index is 860. The van der Waals surface area contributed by atoms with Crippen LogP contribution in [0.15, 0.2) is 48.5 Å². The molecule has 0 aliphatic carbocycles. The fourth-order valence-corrected chi connectivity index (χ4v) is 4.05. The third-order valence-corrected chi connectivity index (χ3v) is 5.99. The molecular formula is C26H38O8. The first-order valence-corrected chi connectivity index (χ1v) is 11.7. The number of aliphatic hydroxyl groups is 6. The zero-order valence-electron chi connectivity index (χ0n) is 20.0. The van der Waals surface area contributed by atoms with Gasteiger partial charge < -0.3 is 40.1 Å². The average Bonchev–Trinajstić information content (AvgIpc) is 2.85. The van der Waals surface area contributed by atoms with Crippen LogP contribution in [-0.2, 0) is 0 Å². The van der Waals surface area contributed by atoms with Gasteiger partial charge in [0.05, 0.1) is 25.9 Å². The minimum absolute atomic E-state index is 0.0619. The summed E-state index contributed by atoms with van der Waals surface area (Å²) in [4.78, 5) is 0. The van der Waals surface area contributed by atoms with E-state index in [2.05, 4.69) is 0 Å². The van der Waals surface area contributed by atoms with Gasteiger partial charge in [0.15, 0.2) is 0 Å². The Hall–Kier alpha value is -2.20. The van der Waals surface area contributed by atoms with E-state index in [1.165, 1.54) is 0 Å². The van der Waals surface area contributed by atoms with E-state index in [9.17, 15) is 25.5 Å². The maximum Gasteiger partial charge on any atom is 0.119 e. The molecule has 0 fully saturated rings. The standard InChI is InChI=1S/C26H38O8/c1-4-33-19-10-6-8-17(13-19)16(3)12-21(18-9-7-11-20(14-18)34-5-2)23(29)25(31)26(32)24(30)22(28)15-27/h6-11,13-14,16,21-32H,4-5,12,15H2,1-3H3/t16?,21?,22-,23?,24+,25+,26-/m0/s1. The quantitative estimate of drug-likeness (QED) is 0.240. The minimum Gasteiger partial charge on any atom is -0.494 e. The molecule has 190 valence electrons. The van der Waals surface area contributed by atoms with Crippen molar-refractivity contribution in [2.24, 2.45) is 0 Å². The van der Waals surface area contributed by atoms with Crippen LogP contribution in [0.1, 0.15) is 50.2 Å². The smallest absolute Gasteiger partial charge is 0.119 e. The highest BCUT2D eigenvalue weighted by Gasteiger charge is 2.38. The Morgan fingerprint density at radius 1 is 0.706 bits per heavy atom. The van der Waals surface area contributed by atoms with Gasteiger partial charge in [-0.2, -0.15) is 0 Å². The van der Waals surface area contributed by atoms with Gasteiger partial charge in [-0.05, 0) is 61.6 Å². The molecule has 0 aromatic heterocycles. The third-order valence-electron chi connectivity index (χ3n) is 5.99. The molecule has 6 N–H and O–H groups in total. The van der Waals surface area contributed by atoms with Crippen LogP contribution in [0.3, 0.4) is 0 Å². The van der Waals surface area contributed by atoms with E-state index in [1.54, 1.807) is 24.3 Å². The van der Waals surface area contributed by atoms with Crippen LogP contribution in [0, 0.1) is 0 Å². The highest BCUT2D eigenvalue weighted by molar-refractivity contribution is 5.34. The highest BCUT2D eigenvalue weighted by atomic mass is 16.5. The molecule has 8 nitrogen and oxygen atoms in total. The van der Waals surface area contributed by atoms with E-state index < -0.39 is 43.0 Å². The summed E-state index contributed by atoms with van der Waals surface area (Å²) < 4.78 is 11.2. The molecule has 0 aliphatic heterocycles. The fraction of sp³-hybridized carbons (Fsp3) is 0.538. The molecule has 2 aromatic carbocycles. The molecule has 0 bridgehead atoms. The van der Waals surface area contributed by atoms with Crippen LogP contribution in [-0.4, -0.2) is 81.0 Å². The van der Waals surface area contributed by atoms with Crippen molar-refractivity contribution in [1.82, 2.24) is 0 Å². The first-order chi connectivity index (χ1) is 16.2. The second-order valence-corrected chi connectivity index (χ2v) is 8.47. The van der Waals surface area contributed by atoms with Gasteiger partial charge in [-0.25, -0.2) is 0 Å². The van der Waals surface area contributed by atoms with Crippen molar-refractivity contribution < 1.29 is 40.1 Å². The molecule has 0 saturated carbocycles. The van der Waals surface area contributed by atoms with Crippen molar-refractivity contribution in [2.45, 2.75) is 69.5 Å². The average molecular weight is 479 g/mol. The van der Waals surface area contributed by atoms with Crippen molar-refractivity contribution in [2.75, 3.05) is 19.8 Å². The summed E-state index contributed by atoms with van der Waals surface area (Å²) in [6.07, 6.45) is -8.22. The maximum absolute atomic E-state index is 11.1. The third kappa shape index (κ3) is 7.40. The normalized spacial score (nSPS) is 17.8. The van der Waals surface area contributed by atoms with Gasteiger partial charge in [0.2, 0.25) is 0 Å². The molecule has 34 heavy (non-hydrogen) atoms. The number of ether oxygens (including phenoxy) is 2. The Morgan fingerprint density at radius 2 is 1.21 bits per heavy atom. The molecule has 8 heteroatoms. The molecular weight excluding hydrogens is 440 g/mol. The second-order valence-electron chi connectivity index (χ2n) is 8.47. The second kappa shape index (κ2) is 13.6. The van der Waals surface area contributed by atoms with Crippen LogP contribution in [0.4, 0.5) is 0 Å². The van der Waals surface area contributed by atoms with Gasteiger partial charge in [-0.3, -0.25) is 0 Å². The fourth-order valence-electron chi connectivity index (χ4n) is 4.05. The van der Waals surface area contributed by atoms with E-state index in [4.69, 9.17) is 14.6 Å². The van der Waals surface area contributed by atoms with Crippen LogP contribution in [0.25, 0.3) is 0 Å². The summed E-state index contributed by atoms with van der Waals surface area (Å²) in [6, 6.07) is 14.8. The lowest BCUT2D eigenvalue weighted by Crippen LogP contribution is -2.51. The van der Waals surface area contributed by atoms with Crippen molar-refractivity contribution in [3.63, 3.8) is 0 Å². The SMILES string of the molecule is CCOc1cccc(C(C)CC(c2cccc(OCC)c2)C(O)[C@@H](O)[C@@H](O)[C@H](O)[C@@H](O)CO)c1. The molecule has 0 saturated heterocycles. The predicted molar refractivity (Wildman–Crippen MR) is 128 cm³/mol. The van der Waals surface area contributed by atoms with Gasteiger partial charge in [-0.15, -0.1) is 0 Å². The van der Waals surface area contributed by atoms with Gasteiger partial charge in [0, 0.05) is 5.92 Å². The summed E-state index contributed by atoms with van der Waals surface area (Å²) in [5.41, 5.74) is 1.67. The molecule has 2 rings (SSSR count). The van der Waals surface area contributed by atoms with Crippen molar-refractivity contribution >= 4 is 0 Å². The zero-order chi connectivity index (χ0) is 25.3. The lowest BCUT2D eigenvalue weighted by molar-refractivity contribution is -0.144. The van der Waals surface area contributed by atoms with E-state index >= 15 is 0 Å². The number of hydrogen-bond donors (Lipinski definition) is 6. The van der Waals surface area contributed by atoms with E-state index in [-0.39, 0.29) is 5.92 Å². The molecule has 0 amide bonds. The predicted octanol–water partition coefficient (Wildman–Crippen LogP) is 1.56. The lowest BCUT2D eigenvalue weighted by Gasteiger charge is -2.34. The number of hydrogen-bond acceptors (Lipinski definition) is 8. The van der Waals surface area contributed by atoms with Crippen LogP contribution >= 0.6 is 0 Å². The molecule has 0 aliphatic rings. The van der Waals surface area contributed by atoms with E-state index in [0.717, 1.165) is 11.3 Å². The number of rotatable bonds is 14. The summed E-state index contributed by atoms with van der Waals surface area (Å²) in [5, 5.41) is 61.0. The Kier molecular flexibility index (Phi) is 11.2. The van der Waals surface area contributed by atoms with Crippen molar-refractivity contribution in [3.05, 3.63) is 59.7 Å². The van der Waals surface area contributed by atoms with E-state index in [0.29, 0.717) is 30.9 Å². The lowest BCUT2D eigenvalue weighted by atomic mass is 9.79. The van der Waals surface area contributed by atoms with Crippen molar-refractivity contribution in [1.29, 1.82) is 0 Å². The summed E-state index contributed by atoms with van der Waals surface area (Å²) in [5.74, 6) is 0.634. The molecule has 0 heterocycles. The van der Waals surface area contributed by atoms with Crippen molar-refractivity contribution in [3.8, 4) is 11.5 Å². The zero-order valence-corrected chi connectivity index (χ0v) is 20.0.